The second kappa shape index (κ2) is 5.44. The maximum absolute atomic E-state index is 11.8. The summed E-state index contributed by atoms with van der Waals surface area (Å²) in [5.74, 6) is 0.436. The van der Waals surface area contributed by atoms with E-state index >= 15 is 0 Å². The number of amides is 1. The number of carbonyl (C=O) groups is 1. The lowest BCUT2D eigenvalue weighted by atomic mass is 10.2. The van der Waals surface area contributed by atoms with E-state index in [4.69, 9.17) is 0 Å². The Morgan fingerprint density at radius 1 is 1.44 bits per heavy atom. The number of nitrogens with zero attached hydrogens (tertiary/aromatic N) is 3. The van der Waals surface area contributed by atoms with E-state index in [1.807, 2.05) is 19.2 Å². The number of pyridine rings is 1. The number of aromatic nitrogens is 3. The van der Waals surface area contributed by atoms with E-state index in [2.05, 4.69) is 22.3 Å². The van der Waals surface area contributed by atoms with E-state index in [1.165, 1.54) is 5.56 Å². The molecule has 0 fully saturated rings. The molecule has 2 rings (SSSR count). The number of rotatable bonds is 4. The Labute approximate surface area is 106 Å². The molecule has 94 valence electrons. The molecule has 5 nitrogen and oxygen atoms in total. The average molecular weight is 244 g/mol. The van der Waals surface area contributed by atoms with Crippen LogP contribution >= 0.6 is 0 Å². The topological polar surface area (TPSA) is 59.8 Å². The number of anilines is 1. The van der Waals surface area contributed by atoms with Crippen molar-refractivity contribution in [3.63, 3.8) is 0 Å². The number of nitrogens with one attached hydrogen (secondary N) is 1. The van der Waals surface area contributed by atoms with Gasteiger partial charge in [0.15, 0.2) is 0 Å². The Bertz CT molecular complexity index is 533. The van der Waals surface area contributed by atoms with Crippen molar-refractivity contribution in [1.29, 1.82) is 0 Å². The molecule has 5 heteroatoms. The van der Waals surface area contributed by atoms with Crippen molar-refractivity contribution in [2.75, 3.05) is 5.32 Å². The van der Waals surface area contributed by atoms with Crippen LogP contribution in [0.5, 0.6) is 0 Å². The molecule has 0 aliphatic rings. The molecule has 2 heterocycles. The molecule has 0 atom stereocenters. The fourth-order valence-electron chi connectivity index (χ4n) is 1.75. The molecule has 0 unspecified atom stereocenters. The van der Waals surface area contributed by atoms with E-state index < -0.39 is 0 Å². The first-order valence-corrected chi connectivity index (χ1v) is 5.93. The van der Waals surface area contributed by atoms with E-state index in [1.54, 1.807) is 23.0 Å². The van der Waals surface area contributed by atoms with Crippen LogP contribution in [0.25, 0.3) is 0 Å². The van der Waals surface area contributed by atoms with Crippen LogP contribution in [0.1, 0.15) is 18.2 Å². The van der Waals surface area contributed by atoms with E-state index in [0.29, 0.717) is 5.82 Å². The second-order valence-corrected chi connectivity index (χ2v) is 4.03. The standard InChI is InChI=1S/C13H16N4O/c1-3-11-8-15-17(10(11)2)9-13(18)16-12-6-4-5-7-14-12/h4-8H,3,9H2,1-2H3,(H,14,16,18). The Morgan fingerprint density at radius 3 is 2.89 bits per heavy atom. The van der Waals surface area contributed by atoms with Crippen LogP contribution in [0.2, 0.25) is 0 Å². The highest BCUT2D eigenvalue weighted by molar-refractivity contribution is 5.89. The van der Waals surface area contributed by atoms with Crippen LogP contribution < -0.4 is 5.32 Å². The molecule has 0 aliphatic carbocycles. The molecule has 2 aromatic rings. The Morgan fingerprint density at radius 2 is 2.28 bits per heavy atom. The summed E-state index contributed by atoms with van der Waals surface area (Å²) in [6.45, 7) is 4.25. The number of carbonyl (C=O) groups excluding carboxylic acids is 1. The zero-order valence-electron chi connectivity index (χ0n) is 10.6. The lowest BCUT2D eigenvalue weighted by molar-refractivity contribution is -0.117. The van der Waals surface area contributed by atoms with E-state index in [0.717, 1.165) is 12.1 Å². The highest BCUT2D eigenvalue weighted by Gasteiger charge is 2.09. The maximum atomic E-state index is 11.8. The van der Waals surface area contributed by atoms with Crippen molar-refractivity contribution in [3.05, 3.63) is 41.9 Å². The van der Waals surface area contributed by atoms with Crippen molar-refractivity contribution >= 4 is 11.7 Å². The van der Waals surface area contributed by atoms with Gasteiger partial charge in [-0.05, 0) is 31.0 Å². The first kappa shape index (κ1) is 12.3. The summed E-state index contributed by atoms with van der Waals surface area (Å²) in [7, 11) is 0. The van der Waals surface area contributed by atoms with Gasteiger partial charge in [-0.3, -0.25) is 9.48 Å². The number of aryl methyl sites for hydroxylation is 1. The number of hydrogen-bond donors (Lipinski definition) is 1. The van der Waals surface area contributed by atoms with Crippen LogP contribution in [0.3, 0.4) is 0 Å². The monoisotopic (exact) mass is 244 g/mol. The molecule has 0 radical (unpaired) electrons. The highest BCUT2D eigenvalue weighted by Crippen LogP contribution is 2.08. The van der Waals surface area contributed by atoms with Gasteiger partial charge < -0.3 is 5.32 Å². The van der Waals surface area contributed by atoms with Gasteiger partial charge in [0.2, 0.25) is 5.91 Å². The lowest BCUT2D eigenvalue weighted by Gasteiger charge is -2.06. The normalized spacial score (nSPS) is 10.3. The van der Waals surface area contributed by atoms with Crippen LogP contribution in [0.15, 0.2) is 30.6 Å². The summed E-state index contributed by atoms with van der Waals surface area (Å²) in [5.41, 5.74) is 2.20. The predicted molar refractivity (Wildman–Crippen MR) is 69.2 cm³/mol. The minimum atomic E-state index is -0.123. The molecule has 1 amide bonds. The summed E-state index contributed by atoms with van der Waals surface area (Å²) in [6, 6.07) is 5.39. The van der Waals surface area contributed by atoms with Crippen molar-refractivity contribution < 1.29 is 4.79 Å². The van der Waals surface area contributed by atoms with Crippen molar-refractivity contribution in [1.82, 2.24) is 14.8 Å². The molecule has 18 heavy (non-hydrogen) atoms. The summed E-state index contributed by atoms with van der Waals surface area (Å²) >= 11 is 0. The van der Waals surface area contributed by atoms with Gasteiger partial charge in [-0.2, -0.15) is 5.10 Å². The quantitative estimate of drug-likeness (QED) is 0.892. The van der Waals surface area contributed by atoms with E-state index in [9.17, 15) is 4.79 Å². The van der Waals surface area contributed by atoms with Crippen molar-refractivity contribution in [3.8, 4) is 0 Å². The fourth-order valence-corrected chi connectivity index (χ4v) is 1.75. The minimum absolute atomic E-state index is 0.123. The molecule has 0 spiro atoms. The van der Waals surface area contributed by atoms with Gasteiger partial charge in [-0.15, -0.1) is 0 Å². The molecule has 0 aliphatic heterocycles. The molecule has 0 saturated heterocycles. The third kappa shape index (κ3) is 2.74. The summed E-state index contributed by atoms with van der Waals surface area (Å²) in [4.78, 5) is 15.9. The zero-order chi connectivity index (χ0) is 13.0. The second-order valence-electron chi connectivity index (χ2n) is 4.03. The first-order valence-electron chi connectivity index (χ1n) is 5.93. The molecular formula is C13H16N4O. The van der Waals surface area contributed by atoms with Crippen molar-refractivity contribution in [2.24, 2.45) is 0 Å². The van der Waals surface area contributed by atoms with Crippen LogP contribution in [0.4, 0.5) is 5.82 Å². The van der Waals surface area contributed by atoms with Crippen molar-refractivity contribution in [2.45, 2.75) is 26.8 Å². The summed E-state index contributed by atoms with van der Waals surface area (Å²) < 4.78 is 1.71. The zero-order valence-corrected chi connectivity index (χ0v) is 10.6. The van der Waals surface area contributed by atoms with Gasteiger partial charge in [-0.25, -0.2) is 4.98 Å². The van der Waals surface area contributed by atoms with Crippen LogP contribution in [-0.2, 0) is 17.8 Å². The highest BCUT2D eigenvalue weighted by atomic mass is 16.2. The molecule has 1 N–H and O–H groups in total. The smallest absolute Gasteiger partial charge is 0.247 e. The average Bonchev–Trinajstić information content (AvgIpc) is 2.71. The minimum Gasteiger partial charge on any atom is -0.309 e. The summed E-state index contributed by atoms with van der Waals surface area (Å²) in [5, 5.41) is 6.94. The number of hydrogen-bond acceptors (Lipinski definition) is 3. The molecular weight excluding hydrogens is 228 g/mol. The maximum Gasteiger partial charge on any atom is 0.247 e. The lowest BCUT2D eigenvalue weighted by Crippen LogP contribution is -2.20. The van der Waals surface area contributed by atoms with Gasteiger partial charge in [0.1, 0.15) is 12.4 Å². The van der Waals surface area contributed by atoms with Crippen LogP contribution in [0, 0.1) is 6.92 Å². The van der Waals surface area contributed by atoms with Gasteiger partial charge in [0, 0.05) is 11.9 Å². The predicted octanol–water partition coefficient (Wildman–Crippen LogP) is 1.79. The van der Waals surface area contributed by atoms with E-state index in [-0.39, 0.29) is 12.5 Å². The largest absolute Gasteiger partial charge is 0.309 e. The first-order chi connectivity index (χ1) is 8.70. The molecule has 0 aromatic carbocycles. The molecule has 0 saturated carbocycles. The summed E-state index contributed by atoms with van der Waals surface area (Å²) in [6.07, 6.45) is 4.38. The Balaban J connectivity index is 2.01. The SMILES string of the molecule is CCc1cnn(CC(=O)Nc2ccccn2)c1C. The Kier molecular flexibility index (Phi) is 3.72. The molecule has 0 bridgehead atoms. The van der Waals surface area contributed by atoms with Gasteiger partial charge in [0.05, 0.1) is 6.20 Å². The third-order valence-electron chi connectivity index (χ3n) is 2.81. The Hall–Kier alpha value is -2.17. The molecule has 2 aromatic heterocycles. The van der Waals surface area contributed by atoms with Crippen LogP contribution in [-0.4, -0.2) is 20.7 Å². The third-order valence-corrected chi connectivity index (χ3v) is 2.81. The van der Waals surface area contributed by atoms with Gasteiger partial charge in [-0.1, -0.05) is 13.0 Å². The van der Waals surface area contributed by atoms with Gasteiger partial charge >= 0.3 is 0 Å². The fraction of sp³-hybridized carbons (Fsp3) is 0.308. The van der Waals surface area contributed by atoms with Gasteiger partial charge in [0.25, 0.3) is 0 Å².